The standard InChI is InChI=1S/C13H22N2O5/c1-8(11(17)18)14-10(16)9-6-5-7-15(9)12(19)20-13(2,3)4/h8-9H,5-7H2,1-4H3,(H,14,16)(H,17,18)/t8-,9+/m1/s1. The number of carboxylic acid groups (broad SMARTS) is 1. The molecule has 114 valence electrons. The highest BCUT2D eigenvalue weighted by Gasteiger charge is 2.37. The Hall–Kier alpha value is -1.79. The van der Waals surface area contributed by atoms with Crippen molar-refractivity contribution in [1.82, 2.24) is 10.2 Å². The molecule has 2 atom stereocenters. The van der Waals surface area contributed by atoms with Gasteiger partial charge in [-0.3, -0.25) is 14.5 Å². The third-order valence-electron chi connectivity index (χ3n) is 2.91. The Kier molecular flexibility index (Phi) is 4.97. The molecule has 2 N–H and O–H groups in total. The monoisotopic (exact) mass is 286 g/mol. The number of rotatable bonds is 3. The van der Waals surface area contributed by atoms with Gasteiger partial charge in [0.2, 0.25) is 5.91 Å². The summed E-state index contributed by atoms with van der Waals surface area (Å²) in [5.41, 5.74) is -0.630. The number of nitrogens with zero attached hydrogens (tertiary/aromatic N) is 1. The molecule has 0 aromatic carbocycles. The molecule has 0 spiro atoms. The first-order valence-electron chi connectivity index (χ1n) is 6.64. The summed E-state index contributed by atoms with van der Waals surface area (Å²) in [6.45, 7) is 7.08. The number of ether oxygens (including phenoxy) is 1. The van der Waals surface area contributed by atoms with Gasteiger partial charge in [0.05, 0.1) is 0 Å². The van der Waals surface area contributed by atoms with Gasteiger partial charge in [-0.25, -0.2) is 4.79 Å². The minimum atomic E-state index is -1.11. The largest absolute Gasteiger partial charge is 0.480 e. The molecule has 20 heavy (non-hydrogen) atoms. The van der Waals surface area contributed by atoms with Crippen LogP contribution in [0.2, 0.25) is 0 Å². The van der Waals surface area contributed by atoms with Gasteiger partial charge in [-0.05, 0) is 40.5 Å². The highest BCUT2D eigenvalue weighted by Crippen LogP contribution is 2.21. The van der Waals surface area contributed by atoms with E-state index in [1.54, 1.807) is 20.8 Å². The Balaban J connectivity index is 2.67. The normalized spacial score (nSPS) is 20.4. The molecule has 7 heteroatoms. The maximum absolute atomic E-state index is 12.0. The number of likely N-dealkylation sites (tertiary alicyclic amines) is 1. The number of amides is 2. The first-order chi connectivity index (χ1) is 9.11. The molecule has 0 saturated carbocycles. The van der Waals surface area contributed by atoms with E-state index in [9.17, 15) is 14.4 Å². The number of carbonyl (C=O) groups excluding carboxylic acids is 2. The summed E-state index contributed by atoms with van der Waals surface area (Å²) in [5.74, 6) is -1.57. The molecule has 1 saturated heterocycles. The first-order valence-corrected chi connectivity index (χ1v) is 6.64. The van der Waals surface area contributed by atoms with Crippen LogP contribution in [0.1, 0.15) is 40.5 Å². The zero-order valence-corrected chi connectivity index (χ0v) is 12.3. The second kappa shape index (κ2) is 6.11. The van der Waals surface area contributed by atoms with E-state index in [2.05, 4.69) is 5.32 Å². The zero-order chi connectivity index (χ0) is 15.5. The van der Waals surface area contributed by atoms with E-state index in [-0.39, 0.29) is 0 Å². The number of nitrogens with one attached hydrogen (secondary N) is 1. The molecule has 1 aliphatic heterocycles. The second-order valence-corrected chi connectivity index (χ2v) is 5.90. The third-order valence-corrected chi connectivity index (χ3v) is 2.91. The van der Waals surface area contributed by atoms with E-state index in [4.69, 9.17) is 9.84 Å². The Labute approximate surface area is 118 Å². The molecule has 1 fully saturated rings. The molecule has 1 aliphatic rings. The zero-order valence-electron chi connectivity index (χ0n) is 12.3. The summed E-state index contributed by atoms with van der Waals surface area (Å²) in [6, 6.07) is -1.64. The van der Waals surface area contributed by atoms with Gasteiger partial charge in [0.15, 0.2) is 0 Å². The molecule has 7 nitrogen and oxygen atoms in total. The van der Waals surface area contributed by atoms with Crippen LogP contribution in [-0.2, 0) is 14.3 Å². The Morgan fingerprint density at radius 2 is 1.95 bits per heavy atom. The van der Waals surface area contributed by atoms with Crippen molar-refractivity contribution < 1.29 is 24.2 Å². The average molecular weight is 286 g/mol. The minimum absolute atomic E-state index is 0.439. The fraction of sp³-hybridized carbons (Fsp3) is 0.769. The lowest BCUT2D eigenvalue weighted by molar-refractivity contribution is -0.141. The lowest BCUT2D eigenvalue weighted by atomic mass is 10.2. The molecule has 0 bridgehead atoms. The van der Waals surface area contributed by atoms with E-state index >= 15 is 0 Å². The van der Waals surface area contributed by atoms with Crippen molar-refractivity contribution in [2.24, 2.45) is 0 Å². The predicted molar refractivity (Wildman–Crippen MR) is 71.2 cm³/mol. The highest BCUT2D eigenvalue weighted by molar-refractivity contribution is 5.89. The number of aliphatic carboxylic acids is 1. The quantitative estimate of drug-likeness (QED) is 0.806. The summed E-state index contributed by atoms with van der Waals surface area (Å²) in [4.78, 5) is 36.1. The number of hydrogen-bond acceptors (Lipinski definition) is 4. The van der Waals surface area contributed by atoms with Crippen LogP contribution in [0, 0.1) is 0 Å². The molecular formula is C13H22N2O5. The smallest absolute Gasteiger partial charge is 0.410 e. The van der Waals surface area contributed by atoms with E-state index in [1.807, 2.05) is 0 Å². The lowest BCUT2D eigenvalue weighted by Gasteiger charge is -2.28. The molecule has 2 amide bonds. The fourth-order valence-electron chi connectivity index (χ4n) is 1.95. The van der Waals surface area contributed by atoms with E-state index in [0.29, 0.717) is 19.4 Å². The lowest BCUT2D eigenvalue weighted by Crippen LogP contribution is -2.50. The van der Waals surface area contributed by atoms with Gasteiger partial charge >= 0.3 is 12.1 Å². The van der Waals surface area contributed by atoms with Crippen LogP contribution >= 0.6 is 0 Å². The summed E-state index contributed by atoms with van der Waals surface area (Å²) in [6.07, 6.45) is 0.661. The van der Waals surface area contributed by atoms with Gasteiger partial charge in [-0.15, -0.1) is 0 Å². The van der Waals surface area contributed by atoms with Crippen LogP contribution in [0.5, 0.6) is 0 Å². The summed E-state index contributed by atoms with van der Waals surface area (Å²) >= 11 is 0. The van der Waals surface area contributed by atoms with Crippen LogP contribution in [0.3, 0.4) is 0 Å². The molecular weight excluding hydrogens is 264 g/mol. The van der Waals surface area contributed by atoms with Gasteiger partial charge in [0.1, 0.15) is 17.7 Å². The van der Waals surface area contributed by atoms with Crippen LogP contribution in [0.4, 0.5) is 4.79 Å². The first kappa shape index (κ1) is 16.3. The highest BCUT2D eigenvalue weighted by atomic mass is 16.6. The summed E-state index contributed by atoms with van der Waals surface area (Å²) in [5, 5.41) is 11.2. The van der Waals surface area contributed by atoms with E-state index in [1.165, 1.54) is 11.8 Å². The molecule has 0 aromatic heterocycles. The summed E-state index contributed by atoms with van der Waals surface area (Å²) < 4.78 is 5.25. The molecule has 1 rings (SSSR count). The van der Waals surface area contributed by atoms with Crippen molar-refractivity contribution >= 4 is 18.0 Å². The van der Waals surface area contributed by atoms with Crippen molar-refractivity contribution in [2.75, 3.05) is 6.54 Å². The molecule has 1 heterocycles. The van der Waals surface area contributed by atoms with Gasteiger partial charge in [-0.2, -0.15) is 0 Å². The average Bonchev–Trinajstić information content (AvgIpc) is 2.74. The fourth-order valence-corrected chi connectivity index (χ4v) is 1.95. The van der Waals surface area contributed by atoms with Crippen molar-refractivity contribution in [2.45, 2.75) is 58.2 Å². The van der Waals surface area contributed by atoms with Gasteiger partial charge < -0.3 is 15.2 Å². The predicted octanol–water partition coefficient (Wildman–Crippen LogP) is 0.975. The number of carboxylic acids is 1. The Morgan fingerprint density at radius 1 is 1.35 bits per heavy atom. The SMILES string of the molecule is C[C@@H](NC(=O)[C@@H]1CCCN1C(=O)OC(C)(C)C)C(=O)O. The second-order valence-electron chi connectivity index (χ2n) is 5.90. The molecule has 0 aliphatic carbocycles. The number of carbonyl (C=O) groups is 3. The van der Waals surface area contributed by atoms with Crippen LogP contribution in [-0.4, -0.2) is 52.2 Å². The minimum Gasteiger partial charge on any atom is -0.480 e. The van der Waals surface area contributed by atoms with Crippen molar-refractivity contribution in [3.8, 4) is 0 Å². The van der Waals surface area contributed by atoms with Crippen molar-refractivity contribution in [3.05, 3.63) is 0 Å². The molecule has 0 unspecified atom stereocenters. The van der Waals surface area contributed by atoms with E-state index < -0.39 is 35.7 Å². The van der Waals surface area contributed by atoms with Crippen molar-refractivity contribution in [1.29, 1.82) is 0 Å². The Morgan fingerprint density at radius 3 is 2.45 bits per heavy atom. The van der Waals surface area contributed by atoms with Crippen molar-refractivity contribution in [3.63, 3.8) is 0 Å². The molecule has 0 aromatic rings. The van der Waals surface area contributed by atoms with Gasteiger partial charge in [0, 0.05) is 6.54 Å². The van der Waals surface area contributed by atoms with Gasteiger partial charge in [-0.1, -0.05) is 0 Å². The van der Waals surface area contributed by atoms with Gasteiger partial charge in [0.25, 0.3) is 0 Å². The van der Waals surface area contributed by atoms with Crippen LogP contribution in [0.15, 0.2) is 0 Å². The van der Waals surface area contributed by atoms with E-state index in [0.717, 1.165) is 0 Å². The van der Waals surface area contributed by atoms with Crippen LogP contribution < -0.4 is 5.32 Å². The maximum Gasteiger partial charge on any atom is 0.410 e. The maximum atomic E-state index is 12.0. The van der Waals surface area contributed by atoms with Crippen LogP contribution in [0.25, 0.3) is 0 Å². The topological polar surface area (TPSA) is 95.9 Å². The summed E-state index contributed by atoms with van der Waals surface area (Å²) in [7, 11) is 0. The third kappa shape index (κ3) is 4.40. The number of hydrogen-bond donors (Lipinski definition) is 2. The molecule has 0 radical (unpaired) electrons. The Bertz CT molecular complexity index is 402.